The van der Waals surface area contributed by atoms with Crippen LogP contribution in [0.2, 0.25) is 0 Å². The summed E-state index contributed by atoms with van der Waals surface area (Å²) in [5, 5.41) is 0. The summed E-state index contributed by atoms with van der Waals surface area (Å²) in [6.07, 6.45) is 2.13. The van der Waals surface area contributed by atoms with Crippen molar-refractivity contribution < 1.29 is 13.2 Å². The normalized spacial score (nSPS) is 33.2. The maximum atomic E-state index is 12.2. The third-order valence-electron chi connectivity index (χ3n) is 4.34. The van der Waals surface area contributed by atoms with E-state index in [0.717, 1.165) is 26.1 Å². The van der Waals surface area contributed by atoms with Gasteiger partial charge in [0.1, 0.15) is 0 Å². The number of nitrogens with one attached hydrogen (secondary N) is 1. The molecule has 0 unspecified atom stereocenters. The van der Waals surface area contributed by atoms with Gasteiger partial charge in [-0.2, -0.15) is 0 Å². The molecule has 2 aliphatic heterocycles. The van der Waals surface area contributed by atoms with Gasteiger partial charge in [0.25, 0.3) is 0 Å². The van der Waals surface area contributed by atoms with Crippen LogP contribution >= 0.6 is 0 Å². The molecule has 2 heterocycles. The fraction of sp³-hybridized carbons (Fsp3) is 1.00. The number of likely N-dealkylation sites (tertiary alicyclic amines) is 1. The second-order valence-corrected chi connectivity index (χ2v) is 8.99. The molecule has 2 saturated heterocycles. The lowest BCUT2D eigenvalue weighted by Gasteiger charge is -2.36. The van der Waals surface area contributed by atoms with Gasteiger partial charge < -0.3 is 9.64 Å². The smallest absolute Gasteiger partial charge is 0.212 e. The molecule has 1 N–H and O–H groups in total. The fourth-order valence-electron chi connectivity index (χ4n) is 3.75. The van der Waals surface area contributed by atoms with Crippen LogP contribution in [0.1, 0.15) is 33.6 Å². The van der Waals surface area contributed by atoms with Crippen LogP contribution in [0.15, 0.2) is 0 Å². The second kappa shape index (κ2) is 7.40. The first-order valence-electron chi connectivity index (χ1n) is 8.14. The Morgan fingerprint density at radius 3 is 2.52 bits per heavy atom. The SMILES string of the molecule is C[C@@H]1C[C@H](C)CN(C[C@H](C)NS(=O)(=O)C[C@@H]2CCOC2)C1. The van der Waals surface area contributed by atoms with Crippen molar-refractivity contribution in [2.45, 2.75) is 39.7 Å². The average molecular weight is 318 g/mol. The molecule has 2 rings (SSSR count). The quantitative estimate of drug-likeness (QED) is 0.802. The largest absolute Gasteiger partial charge is 0.381 e. The number of ether oxygens (including phenoxy) is 1. The van der Waals surface area contributed by atoms with Crippen LogP contribution in [0.25, 0.3) is 0 Å². The van der Waals surface area contributed by atoms with E-state index in [2.05, 4.69) is 23.5 Å². The molecule has 2 aliphatic rings. The molecule has 5 nitrogen and oxygen atoms in total. The monoisotopic (exact) mass is 318 g/mol. The standard InChI is InChI=1S/C15H30N2O3S/c1-12-6-13(2)8-17(7-12)9-14(3)16-21(18,19)11-15-4-5-20-10-15/h12-16H,4-11H2,1-3H3/t12-,13+,14-,15+/m0/s1. The molecule has 2 fully saturated rings. The van der Waals surface area contributed by atoms with E-state index in [1.54, 1.807) is 0 Å². The van der Waals surface area contributed by atoms with Gasteiger partial charge in [-0.15, -0.1) is 0 Å². The molecule has 0 radical (unpaired) electrons. The number of sulfonamides is 1. The van der Waals surface area contributed by atoms with Crippen molar-refractivity contribution in [3.05, 3.63) is 0 Å². The fourth-order valence-corrected chi connectivity index (χ4v) is 5.41. The summed E-state index contributed by atoms with van der Waals surface area (Å²) in [5.41, 5.74) is 0. The predicted molar refractivity (Wildman–Crippen MR) is 84.7 cm³/mol. The molecular formula is C15H30N2O3S. The second-order valence-electron chi connectivity index (χ2n) is 7.19. The van der Waals surface area contributed by atoms with Gasteiger partial charge in [0.2, 0.25) is 10.0 Å². The molecule has 6 heteroatoms. The summed E-state index contributed by atoms with van der Waals surface area (Å²) in [4.78, 5) is 2.39. The molecule has 0 amide bonds. The third-order valence-corrected chi connectivity index (χ3v) is 6.01. The van der Waals surface area contributed by atoms with Crippen molar-refractivity contribution in [2.75, 3.05) is 38.6 Å². The molecule has 4 atom stereocenters. The Hall–Kier alpha value is -0.170. The minimum atomic E-state index is -3.20. The Kier molecular flexibility index (Phi) is 6.05. The zero-order valence-corrected chi connectivity index (χ0v) is 14.4. The first kappa shape index (κ1) is 17.2. The van der Waals surface area contributed by atoms with Gasteiger partial charge in [0, 0.05) is 32.3 Å². The Morgan fingerprint density at radius 2 is 1.95 bits per heavy atom. The van der Waals surface area contributed by atoms with Crippen LogP contribution in [0.4, 0.5) is 0 Å². The van der Waals surface area contributed by atoms with Crippen LogP contribution < -0.4 is 4.72 Å². The van der Waals surface area contributed by atoms with Crippen molar-refractivity contribution in [3.63, 3.8) is 0 Å². The molecule has 0 aliphatic carbocycles. The van der Waals surface area contributed by atoms with Gasteiger partial charge in [-0.05, 0) is 37.5 Å². The number of piperidine rings is 1. The molecule has 0 aromatic heterocycles. The maximum absolute atomic E-state index is 12.2. The van der Waals surface area contributed by atoms with Gasteiger partial charge in [-0.3, -0.25) is 0 Å². The summed E-state index contributed by atoms with van der Waals surface area (Å²) < 4.78 is 32.5. The van der Waals surface area contributed by atoms with Crippen LogP contribution in [0.3, 0.4) is 0 Å². The lowest BCUT2D eigenvalue weighted by molar-refractivity contribution is 0.134. The van der Waals surface area contributed by atoms with Crippen LogP contribution in [-0.4, -0.2) is 58.0 Å². The number of hydrogen-bond acceptors (Lipinski definition) is 4. The first-order chi connectivity index (χ1) is 9.84. The highest BCUT2D eigenvalue weighted by Crippen LogP contribution is 2.21. The predicted octanol–water partition coefficient (Wildman–Crippen LogP) is 1.31. The Labute approximate surface area is 129 Å². The third kappa shape index (κ3) is 5.85. The zero-order chi connectivity index (χ0) is 15.5. The molecule has 21 heavy (non-hydrogen) atoms. The Bertz CT molecular complexity index is 411. The minimum Gasteiger partial charge on any atom is -0.381 e. The number of hydrogen-bond donors (Lipinski definition) is 1. The van der Waals surface area contributed by atoms with Crippen LogP contribution in [-0.2, 0) is 14.8 Å². The van der Waals surface area contributed by atoms with E-state index in [1.165, 1.54) is 6.42 Å². The summed E-state index contributed by atoms with van der Waals surface area (Å²) in [7, 11) is -3.20. The van der Waals surface area contributed by atoms with E-state index in [1.807, 2.05) is 6.92 Å². The van der Waals surface area contributed by atoms with Gasteiger partial charge in [-0.25, -0.2) is 13.1 Å². The zero-order valence-electron chi connectivity index (χ0n) is 13.5. The maximum Gasteiger partial charge on any atom is 0.212 e. The van der Waals surface area contributed by atoms with E-state index in [0.29, 0.717) is 25.0 Å². The topological polar surface area (TPSA) is 58.6 Å². The van der Waals surface area contributed by atoms with Crippen molar-refractivity contribution in [1.29, 1.82) is 0 Å². The van der Waals surface area contributed by atoms with E-state index in [4.69, 9.17) is 4.74 Å². The van der Waals surface area contributed by atoms with Crippen molar-refractivity contribution in [1.82, 2.24) is 9.62 Å². The first-order valence-corrected chi connectivity index (χ1v) is 9.79. The summed E-state index contributed by atoms with van der Waals surface area (Å²) in [6, 6.07) is -0.0326. The summed E-state index contributed by atoms with van der Waals surface area (Å²) >= 11 is 0. The Morgan fingerprint density at radius 1 is 1.29 bits per heavy atom. The van der Waals surface area contributed by atoms with Crippen LogP contribution in [0.5, 0.6) is 0 Å². The highest BCUT2D eigenvalue weighted by molar-refractivity contribution is 7.89. The highest BCUT2D eigenvalue weighted by atomic mass is 32.2. The van der Waals surface area contributed by atoms with Gasteiger partial charge in [0.05, 0.1) is 12.4 Å². The minimum absolute atomic E-state index is 0.0326. The van der Waals surface area contributed by atoms with E-state index >= 15 is 0 Å². The summed E-state index contributed by atoms with van der Waals surface area (Å²) in [5.74, 6) is 1.76. The molecule has 0 spiro atoms. The summed E-state index contributed by atoms with van der Waals surface area (Å²) in [6.45, 7) is 10.7. The average Bonchev–Trinajstić information content (AvgIpc) is 2.77. The molecule has 0 aromatic carbocycles. The lowest BCUT2D eigenvalue weighted by atomic mass is 9.92. The number of nitrogens with zero attached hydrogens (tertiary/aromatic N) is 1. The lowest BCUT2D eigenvalue weighted by Crippen LogP contribution is -2.47. The molecule has 0 saturated carbocycles. The molecule has 0 bridgehead atoms. The van der Waals surface area contributed by atoms with Crippen LogP contribution in [0, 0.1) is 17.8 Å². The van der Waals surface area contributed by atoms with Gasteiger partial charge in [0.15, 0.2) is 0 Å². The highest BCUT2D eigenvalue weighted by Gasteiger charge is 2.27. The number of rotatable bonds is 6. The van der Waals surface area contributed by atoms with Crippen molar-refractivity contribution >= 4 is 10.0 Å². The van der Waals surface area contributed by atoms with Gasteiger partial charge in [-0.1, -0.05) is 13.8 Å². The van der Waals surface area contributed by atoms with Crippen molar-refractivity contribution in [3.8, 4) is 0 Å². The van der Waals surface area contributed by atoms with Crippen molar-refractivity contribution in [2.24, 2.45) is 17.8 Å². The molecule has 0 aromatic rings. The Balaban J connectivity index is 1.78. The molecular weight excluding hydrogens is 288 g/mol. The van der Waals surface area contributed by atoms with E-state index in [-0.39, 0.29) is 17.7 Å². The van der Waals surface area contributed by atoms with Gasteiger partial charge >= 0.3 is 0 Å². The van der Waals surface area contributed by atoms with E-state index < -0.39 is 10.0 Å². The molecule has 124 valence electrons. The van der Waals surface area contributed by atoms with E-state index in [9.17, 15) is 8.42 Å².